The summed E-state index contributed by atoms with van der Waals surface area (Å²) in [5.74, 6) is 2.75. The molecule has 0 atom stereocenters. The zero-order valence-electron chi connectivity index (χ0n) is 13.6. The van der Waals surface area contributed by atoms with Gasteiger partial charge in [-0.25, -0.2) is 9.79 Å². The summed E-state index contributed by atoms with van der Waals surface area (Å²) < 4.78 is 5.63. The van der Waals surface area contributed by atoms with Crippen molar-refractivity contribution < 1.29 is 14.6 Å². The number of carbonyl (C=O) groups is 1. The van der Waals surface area contributed by atoms with Crippen molar-refractivity contribution in [2.75, 3.05) is 0 Å². The van der Waals surface area contributed by atoms with Gasteiger partial charge in [0.2, 0.25) is 5.90 Å². The lowest BCUT2D eigenvalue weighted by Gasteiger charge is -2.55. The maximum absolute atomic E-state index is 12.3. The van der Waals surface area contributed by atoms with Crippen molar-refractivity contribution in [1.82, 2.24) is 0 Å². The predicted octanol–water partition coefficient (Wildman–Crippen LogP) is 3.90. The summed E-state index contributed by atoms with van der Waals surface area (Å²) in [5.41, 5.74) is 0.890. The van der Waals surface area contributed by atoms with E-state index in [0.29, 0.717) is 17.2 Å². The molecule has 0 unspecified atom stereocenters. The summed E-state index contributed by atoms with van der Waals surface area (Å²) in [7, 11) is 0. The molecule has 4 bridgehead atoms. The molecule has 0 aromatic heterocycles. The maximum Gasteiger partial charge on any atom is 0.363 e. The van der Waals surface area contributed by atoms with Gasteiger partial charge in [-0.2, -0.15) is 0 Å². The first-order chi connectivity index (χ1) is 11.6. The number of hydrogen-bond acceptors (Lipinski definition) is 4. The van der Waals surface area contributed by atoms with Crippen molar-refractivity contribution in [3.8, 4) is 5.75 Å². The third kappa shape index (κ3) is 2.12. The number of aliphatic imine (C=N–C) groups is 1. The highest BCUT2D eigenvalue weighted by atomic mass is 16.6. The van der Waals surface area contributed by atoms with Gasteiger partial charge in [0, 0.05) is 11.0 Å². The number of benzene rings is 1. The summed E-state index contributed by atoms with van der Waals surface area (Å²) in [4.78, 5) is 16.9. The number of cyclic esters (lactones) is 1. The first-order valence-corrected chi connectivity index (χ1v) is 8.92. The minimum Gasteiger partial charge on any atom is -0.507 e. The average molecular weight is 323 g/mol. The summed E-state index contributed by atoms with van der Waals surface area (Å²) in [6, 6.07) is 6.97. The number of phenols is 1. The van der Waals surface area contributed by atoms with E-state index in [2.05, 4.69) is 4.99 Å². The highest BCUT2D eigenvalue weighted by Gasteiger charge is 2.55. The Balaban J connectivity index is 1.50. The number of para-hydroxylation sites is 1. The molecule has 4 saturated carbocycles. The van der Waals surface area contributed by atoms with Gasteiger partial charge >= 0.3 is 5.97 Å². The number of rotatable bonds is 2. The average Bonchev–Trinajstić information content (AvgIpc) is 2.90. The molecule has 5 aliphatic rings. The van der Waals surface area contributed by atoms with Crippen LogP contribution in [0.25, 0.3) is 6.08 Å². The van der Waals surface area contributed by atoms with Crippen molar-refractivity contribution in [1.29, 1.82) is 0 Å². The second kappa shape index (κ2) is 4.95. The molecule has 4 nitrogen and oxygen atoms in total. The van der Waals surface area contributed by atoms with Gasteiger partial charge < -0.3 is 9.84 Å². The first-order valence-electron chi connectivity index (χ1n) is 8.92. The largest absolute Gasteiger partial charge is 0.507 e. The van der Waals surface area contributed by atoms with Gasteiger partial charge in [-0.1, -0.05) is 18.2 Å². The zero-order valence-corrected chi connectivity index (χ0v) is 13.6. The fraction of sp³-hybridized carbons (Fsp3) is 0.500. The van der Waals surface area contributed by atoms with Gasteiger partial charge in [-0.05, 0) is 68.4 Å². The second-order valence-electron chi connectivity index (χ2n) is 8.09. The van der Waals surface area contributed by atoms with Crippen molar-refractivity contribution in [3.63, 3.8) is 0 Å². The van der Waals surface area contributed by atoms with Crippen LogP contribution in [0.1, 0.15) is 44.1 Å². The Labute approximate surface area is 141 Å². The Bertz CT molecular complexity index is 742. The van der Waals surface area contributed by atoms with E-state index >= 15 is 0 Å². The smallest absolute Gasteiger partial charge is 0.363 e. The minimum atomic E-state index is -0.385. The summed E-state index contributed by atoms with van der Waals surface area (Å²) in [6.07, 6.45) is 9.04. The number of aromatic hydroxyl groups is 1. The molecule has 6 rings (SSSR count). The molecule has 0 saturated heterocycles. The summed E-state index contributed by atoms with van der Waals surface area (Å²) in [5, 5.41) is 9.91. The number of nitrogens with zero attached hydrogens (tertiary/aromatic N) is 1. The fourth-order valence-corrected chi connectivity index (χ4v) is 5.77. The molecule has 124 valence electrons. The molecule has 1 aromatic rings. The predicted molar refractivity (Wildman–Crippen MR) is 90.2 cm³/mol. The van der Waals surface area contributed by atoms with Crippen LogP contribution in [-0.2, 0) is 9.53 Å². The van der Waals surface area contributed by atoms with E-state index in [1.807, 2.05) is 6.07 Å². The number of phenolic OH excluding ortho intramolecular Hbond substituents is 1. The Kier molecular flexibility index (Phi) is 2.94. The van der Waals surface area contributed by atoms with E-state index in [9.17, 15) is 9.90 Å². The van der Waals surface area contributed by atoms with E-state index in [0.717, 1.165) is 37.0 Å². The van der Waals surface area contributed by atoms with Crippen LogP contribution in [0.2, 0.25) is 0 Å². The molecular formula is C20H21NO3. The molecule has 1 heterocycles. The number of carbonyl (C=O) groups excluding carboxylic acids is 1. The van der Waals surface area contributed by atoms with Crippen LogP contribution in [0.4, 0.5) is 0 Å². The zero-order chi connectivity index (χ0) is 16.3. The Morgan fingerprint density at radius 1 is 1.08 bits per heavy atom. The highest BCUT2D eigenvalue weighted by Crippen LogP contribution is 2.61. The summed E-state index contributed by atoms with van der Waals surface area (Å²) >= 11 is 0. The molecule has 1 aromatic carbocycles. The van der Waals surface area contributed by atoms with E-state index in [1.54, 1.807) is 24.3 Å². The third-order valence-electron chi connectivity index (χ3n) is 6.34. The monoisotopic (exact) mass is 323 g/mol. The molecule has 0 radical (unpaired) electrons. The topological polar surface area (TPSA) is 58.9 Å². The molecule has 24 heavy (non-hydrogen) atoms. The lowest BCUT2D eigenvalue weighted by atomic mass is 9.49. The van der Waals surface area contributed by atoms with Gasteiger partial charge in [0.05, 0.1) is 0 Å². The van der Waals surface area contributed by atoms with E-state index < -0.39 is 0 Å². The van der Waals surface area contributed by atoms with Crippen LogP contribution in [0.15, 0.2) is 35.0 Å². The van der Waals surface area contributed by atoms with Crippen LogP contribution < -0.4 is 0 Å². The normalized spacial score (nSPS) is 38.5. The van der Waals surface area contributed by atoms with Gasteiger partial charge in [0.1, 0.15) is 5.75 Å². The maximum atomic E-state index is 12.3. The quantitative estimate of drug-likeness (QED) is 0.663. The summed E-state index contributed by atoms with van der Waals surface area (Å²) in [6.45, 7) is 0. The number of hydrogen-bond donors (Lipinski definition) is 1. The Hall–Kier alpha value is -2.10. The van der Waals surface area contributed by atoms with Crippen molar-refractivity contribution in [2.45, 2.75) is 38.5 Å². The molecule has 4 aliphatic carbocycles. The van der Waals surface area contributed by atoms with Crippen LogP contribution in [0, 0.1) is 23.2 Å². The van der Waals surface area contributed by atoms with Crippen molar-refractivity contribution in [2.24, 2.45) is 28.2 Å². The Morgan fingerprint density at radius 2 is 1.71 bits per heavy atom. The standard InChI is InChI=1S/C20H21NO3/c22-17-4-2-1-3-15(17)8-16-18(23)24-19(21-16)20-9-12-5-13(10-20)7-14(6-12)11-20/h1-4,8,12-14,22H,5-7,9-11H2/b16-8-. The number of ether oxygens (including phenoxy) is 1. The van der Waals surface area contributed by atoms with Crippen LogP contribution in [-0.4, -0.2) is 17.0 Å². The molecule has 0 spiro atoms. The van der Waals surface area contributed by atoms with Crippen LogP contribution in [0.5, 0.6) is 5.75 Å². The fourth-order valence-electron chi connectivity index (χ4n) is 5.77. The highest BCUT2D eigenvalue weighted by molar-refractivity contribution is 6.09. The van der Waals surface area contributed by atoms with E-state index in [1.165, 1.54) is 19.3 Å². The van der Waals surface area contributed by atoms with Crippen LogP contribution >= 0.6 is 0 Å². The van der Waals surface area contributed by atoms with Gasteiger partial charge in [-0.15, -0.1) is 0 Å². The lowest BCUT2D eigenvalue weighted by Crippen LogP contribution is -2.50. The molecule has 1 N–H and O–H groups in total. The molecular weight excluding hydrogens is 302 g/mol. The lowest BCUT2D eigenvalue weighted by molar-refractivity contribution is -0.131. The van der Waals surface area contributed by atoms with Gasteiger partial charge in [0.25, 0.3) is 0 Å². The molecule has 4 heteroatoms. The third-order valence-corrected chi connectivity index (χ3v) is 6.34. The SMILES string of the molecule is O=C1OC(C23CC4CC(CC(C4)C2)C3)=N/C1=C\c1ccccc1O. The Morgan fingerprint density at radius 3 is 2.33 bits per heavy atom. The van der Waals surface area contributed by atoms with Crippen LogP contribution in [0.3, 0.4) is 0 Å². The number of esters is 1. The van der Waals surface area contributed by atoms with Crippen molar-refractivity contribution in [3.05, 3.63) is 35.5 Å². The molecule has 0 amide bonds. The van der Waals surface area contributed by atoms with E-state index in [4.69, 9.17) is 4.74 Å². The van der Waals surface area contributed by atoms with Gasteiger partial charge in [-0.3, -0.25) is 0 Å². The van der Waals surface area contributed by atoms with Gasteiger partial charge in [0.15, 0.2) is 5.70 Å². The minimum absolute atomic E-state index is 0.0151. The molecule has 1 aliphatic heterocycles. The molecule has 4 fully saturated rings. The van der Waals surface area contributed by atoms with E-state index in [-0.39, 0.29) is 17.1 Å². The van der Waals surface area contributed by atoms with Crippen molar-refractivity contribution >= 4 is 17.9 Å². The first kappa shape index (κ1) is 14.3. The second-order valence-corrected chi connectivity index (χ2v) is 8.09.